The molecule has 0 spiro atoms. The minimum atomic E-state index is -0.427. The number of anilines is 3. The van der Waals surface area contributed by atoms with Gasteiger partial charge < -0.3 is 15.1 Å². The summed E-state index contributed by atoms with van der Waals surface area (Å²) in [5, 5.41) is 15.4. The molecule has 8 nitrogen and oxygen atoms in total. The molecule has 2 aromatic rings. The summed E-state index contributed by atoms with van der Waals surface area (Å²) < 4.78 is 0. The molecule has 1 aromatic heterocycles. The standard InChI is InChI=1S/C17H21ClN6O2/c1-3-22-7-9-23(10-8-22)17-15(24(25)26)16(19-11-20-17)21-14-6-4-5-13(18)12(14)2/h4-6,11H,3,7-10H2,1-2H3,(H,19,20,21). The maximum absolute atomic E-state index is 11.8. The van der Waals surface area contributed by atoms with Crippen LogP contribution in [0, 0.1) is 17.0 Å². The predicted octanol–water partition coefficient (Wildman–Crippen LogP) is 3.23. The number of halogens is 1. The topological polar surface area (TPSA) is 87.4 Å². The summed E-state index contributed by atoms with van der Waals surface area (Å²) in [5.41, 5.74) is 1.37. The van der Waals surface area contributed by atoms with E-state index in [-0.39, 0.29) is 11.5 Å². The number of nitro groups is 1. The van der Waals surface area contributed by atoms with Crippen molar-refractivity contribution in [2.45, 2.75) is 13.8 Å². The fourth-order valence-electron chi connectivity index (χ4n) is 3.01. The van der Waals surface area contributed by atoms with Gasteiger partial charge in [-0.05, 0) is 31.2 Å². The van der Waals surface area contributed by atoms with E-state index >= 15 is 0 Å². The van der Waals surface area contributed by atoms with Crippen LogP contribution in [0.2, 0.25) is 5.02 Å². The smallest absolute Gasteiger partial charge is 0.348 e. The van der Waals surface area contributed by atoms with Crippen LogP contribution < -0.4 is 10.2 Å². The average molecular weight is 377 g/mol. The van der Waals surface area contributed by atoms with Gasteiger partial charge in [0.25, 0.3) is 0 Å². The molecule has 0 saturated carbocycles. The number of benzene rings is 1. The quantitative estimate of drug-likeness (QED) is 0.633. The molecule has 2 heterocycles. The first-order chi connectivity index (χ1) is 12.5. The Morgan fingerprint density at radius 1 is 1.27 bits per heavy atom. The van der Waals surface area contributed by atoms with E-state index in [1.807, 2.05) is 17.9 Å². The SMILES string of the molecule is CCN1CCN(c2ncnc(Nc3cccc(Cl)c3C)c2[N+](=O)[O-])CC1. The lowest BCUT2D eigenvalue weighted by atomic mass is 10.2. The molecule has 0 radical (unpaired) electrons. The van der Waals surface area contributed by atoms with Gasteiger partial charge in [-0.15, -0.1) is 0 Å². The Bertz CT molecular complexity index is 808. The number of hydrogen-bond acceptors (Lipinski definition) is 7. The van der Waals surface area contributed by atoms with Crippen molar-refractivity contribution in [3.8, 4) is 0 Å². The van der Waals surface area contributed by atoms with Crippen LogP contribution in [-0.4, -0.2) is 52.5 Å². The van der Waals surface area contributed by atoms with Crippen LogP contribution in [0.1, 0.15) is 12.5 Å². The summed E-state index contributed by atoms with van der Waals surface area (Å²) >= 11 is 6.14. The van der Waals surface area contributed by atoms with Gasteiger partial charge in [-0.2, -0.15) is 0 Å². The zero-order valence-electron chi connectivity index (χ0n) is 14.8. The monoisotopic (exact) mass is 376 g/mol. The largest absolute Gasteiger partial charge is 0.353 e. The van der Waals surface area contributed by atoms with Crippen LogP contribution in [0.5, 0.6) is 0 Å². The van der Waals surface area contributed by atoms with Crippen molar-refractivity contribution in [3.63, 3.8) is 0 Å². The summed E-state index contributed by atoms with van der Waals surface area (Å²) in [6.45, 7) is 8.03. The van der Waals surface area contributed by atoms with Gasteiger partial charge in [-0.1, -0.05) is 24.6 Å². The van der Waals surface area contributed by atoms with E-state index < -0.39 is 4.92 Å². The van der Waals surface area contributed by atoms with Crippen molar-refractivity contribution in [2.24, 2.45) is 0 Å². The van der Waals surface area contributed by atoms with Gasteiger partial charge in [0.05, 0.1) is 4.92 Å². The minimum absolute atomic E-state index is 0.114. The fraction of sp³-hybridized carbons (Fsp3) is 0.412. The van der Waals surface area contributed by atoms with E-state index in [4.69, 9.17) is 11.6 Å². The summed E-state index contributed by atoms with van der Waals surface area (Å²) in [4.78, 5) is 23.9. The van der Waals surface area contributed by atoms with Crippen molar-refractivity contribution in [1.82, 2.24) is 14.9 Å². The third-order valence-corrected chi connectivity index (χ3v) is 5.03. The molecule has 1 aliphatic rings. The van der Waals surface area contributed by atoms with Crippen LogP contribution in [0.15, 0.2) is 24.5 Å². The number of nitrogens with zero attached hydrogens (tertiary/aromatic N) is 5. The van der Waals surface area contributed by atoms with Crippen molar-refractivity contribution >= 4 is 34.6 Å². The molecule has 138 valence electrons. The lowest BCUT2D eigenvalue weighted by Gasteiger charge is -2.34. The Morgan fingerprint density at radius 2 is 2.00 bits per heavy atom. The van der Waals surface area contributed by atoms with Crippen LogP contribution >= 0.6 is 11.6 Å². The van der Waals surface area contributed by atoms with E-state index in [0.717, 1.165) is 25.2 Å². The second-order valence-corrected chi connectivity index (χ2v) is 6.52. The number of aromatic nitrogens is 2. The number of hydrogen-bond donors (Lipinski definition) is 1. The van der Waals surface area contributed by atoms with Crippen LogP contribution in [0.25, 0.3) is 0 Å². The molecule has 1 aromatic carbocycles. The van der Waals surface area contributed by atoms with Crippen molar-refractivity contribution in [3.05, 3.63) is 45.2 Å². The van der Waals surface area contributed by atoms with Crippen molar-refractivity contribution in [2.75, 3.05) is 42.9 Å². The summed E-state index contributed by atoms with van der Waals surface area (Å²) in [5.74, 6) is 0.520. The van der Waals surface area contributed by atoms with Gasteiger partial charge in [0, 0.05) is 36.9 Å². The first-order valence-electron chi connectivity index (χ1n) is 8.50. The highest BCUT2D eigenvalue weighted by atomic mass is 35.5. The van der Waals surface area contributed by atoms with E-state index in [0.29, 0.717) is 29.6 Å². The lowest BCUT2D eigenvalue weighted by Crippen LogP contribution is -2.46. The maximum Gasteiger partial charge on any atom is 0.353 e. The average Bonchev–Trinajstić information content (AvgIpc) is 2.65. The van der Waals surface area contributed by atoms with Gasteiger partial charge in [0.15, 0.2) is 0 Å². The van der Waals surface area contributed by atoms with Crippen molar-refractivity contribution < 1.29 is 4.92 Å². The van der Waals surface area contributed by atoms with Gasteiger partial charge >= 0.3 is 5.69 Å². The molecule has 0 atom stereocenters. The molecule has 0 amide bonds. The van der Waals surface area contributed by atoms with Crippen LogP contribution in [0.3, 0.4) is 0 Å². The van der Waals surface area contributed by atoms with Crippen LogP contribution in [-0.2, 0) is 0 Å². The molecule has 26 heavy (non-hydrogen) atoms. The number of nitrogens with one attached hydrogen (secondary N) is 1. The molecule has 1 fully saturated rings. The zero-order chi connectivity index (χ0) is 18.7. The molecule has 1 N–H and O–H groups in total. The molecule has 1 aliphatic heterocycles. The number of piperazine rings is 1. The van der Waals surface area contributed by atoms with E-state index in [9.17, 15) is 10.1 Å². The Balaban J connectivity index is 1.94. The van der Waals surface area contributed by atoms with Crippen molar-refractivity contribution in [1.29, 1.82) is 0 Å². The molecule has 0 aliphatic carbocycles. The summed E-state index contributed by atoms with van der Waals surface area (Å²) in [6, 6.07) is 5.37. The van der Waals surface area contributed by atoms with Gasteiger partial charge in [-0.25, -0.2) is 9.97 Å². The van der Waals surface area contributed by atoms with Crippen LogP contribution in [0.4, 0.5) is 23.0 Å². The van der Waals surface area contributed by atoms with Gasteiger partial charge in [-0.3, -0.25) is 10.1 Å². The third kappa shape index (κ3) is 3.71. The van der Waals surface area contributed by atoms with Gasteiger partial charge in [0.2, 0.25) is 11.6 Å². The summed E-state index contributed by atoms with van der Waals surface area (Å²) in [7, 11) is 0. The highest BCUT2D eigenvalue weighted by molar-refractivity contribution is 6.31. The molecule has 0 bridgehead atoms. The Hall–Kier alpha value is -2.45. The zero-order valence-corrected chi connectivity index (χ0v) is 15.5. The molecular formula is C17H21ClN6O2. The molecule has 1 saturated heterocycles. The Kier molecular flexibility index (Phi) is 5.53. The van der Waals surface area contributed by atoms with Gasteiger partial charge in [0.1, 0.15) is 6.33 Å². The first kappa shape index (κ1) is 18.3. The number of rotatable bonds is 5. The highest BCUT2D eigenvalue weighted by Gasteiger charge is 2.29. The molecule has 3 rings (SSSR count). The predicted molar refractivity (Wildman–Crippen MR) is 102 cm³/mol. The molecule has 9 heteroatoms. The lowest BCUT2D eigenvalue weighted by molar-refractivity contribution is -0.383. The number of likely N-dealkylation sites (N-methyl/N-ethyl adjacent to an activating group) is 1. The Morgan fingerprint density at radius 3 is 2.65 bits per heavy atom. The normalized spacial score (nSPS) is 15.1. The first-order valence-corrected chi connectivity index (χ1v) is 8.88. The minimum Gasteiger partial charge on any atom is -0.348 e. The molecule has 0 unspecified atom stereocenters. The van der Waals surface area contributed by atoms with E-state index in [1.54, 1.807) is 12.1 Å². The maximum atomic E-state index is 11.8. The second-order valence-electron chi connectivity index (χ2n) is 6.11. The third-order valence-electron chi connectivity index (χ3n) is 4.63. The highest BCUT2D eigenvalue weighted by Crippen LogP contribution is 2.35. The fourth-order valence-corrected chi connectivity index (χ4v) is 3.18. The molecular weight excluding hydrogens is 356 g/mol. The summed E-state index contributed by atoms with van der Waals surface area (Å²) in [6.07, 6.45) is 1.36. The Labute approximate surface area is 157 Å². The van der Waals surface area contributed by atoms with E-state index in [1.165, 1.54) is 6.33 Å². The second kappa shape index (κ2) is 7.84. The van der Waals surface area contributed by atoms with E-state index in [2.05, 4.69) is 27.1 Å².